The van der Waals surface area contributed by atoms with Crippen LogP contribution in [0.1, 0.15) is 40.9 Å². The van der Waals surface area contributed by atoms with Crippen molar-refractivity contribution in [1.82, 2.24) is 9.97 Å². The number of hydrogen-bond donors (Lipinski definition) is 0. The van der Waals surface area contributed by atoms with Crippen LogP contribution in [-0.4, -0.2) is 9.97 Å². The number of pyridine rings is 2. The summed E-state index contributed by atoms with van der Waals surface area (Å²) in [6.07, 6.45) is 3.04. The summed E-state index contributed by atoms with van der Waals surface area (Å²) in [6, 6.07) is 25.8. The minimum absolute atomic E-state index is 0. The Labute approximate surface area is 267 Å². The monoisotopic (exact) mass is 737 g/mol. The molecule has 0 bridgehead atoms. The Hall–Kier alpha value is -3.63. The first-order valence-corrected chi connectivity index (χ1v) is 13.7. The maximum atomic E-state index is 7.81. The normalized spacial score (nSPS) is 13.8. The zero-order chi connectivity index (χ0) is 33.0. The Kier molecular flexibility index (Phi) is 6.28. The van der Waals surface area contributed by atoms with Crippen LogP contribution in [0.25, 0.3) is 54.5 Å². The molecule has 0 spiro atoms. The van der Waals surface area contributed by atoms with Gasteiger partial charge in [-0.25, -0.2) is 0 Å². The first kappa shape index (κ1) is 22.0. The molecule has 4 heterocycles. The molecule has 0 atom stereocenters. The van der Waals surface area contributed by atoms with Gasteiger partial charge in [0.2, 0.25) is 0 Å². The number of hydrogen-bond acceptors (Lipinski definition) is 4. The Bertz CT molecular complexity index is 2230. The van der Waals surface area contributed by atoms with Crippen LogP contribution in [0.15, 0.2) is 77.5 Å². The van der Waals surface area contributed by atoms with Crippen molar-refractivity contribution in [2.75, 3.05) is 0 Å². The van der Waals surface area contributed by atoms with Gasteiger partial charge in [0.25, 0.3) is 0 Å². The van der Waals surface area contributed by atoms with E-state index in [9.17, 15) is 0 Å². The van der Waals surface area contributed by atoms with Gasteiger partial charge < -0.3 is 14.4 Å². The Morgan fingerprint density at radius 3 is 2.32 bits per heavy atom. The maximum absolute atomic E-state index is 7.81. The molecule has 0 aliphatic carbocycles. The van der Waals surface area contributed by atoms with Gasteiger partial charge in [-0.1, -0.05) is 41.1 Å². The van der Waals surface area contributed by atoms with Gasteiger partial charge >= 0.3 is 0 Å². The number of aryl methyl sites for hydroxylation is 6. The van der Waals surface area contributed by atoms with Crippen molar-refractivity contribution in [2.24, 2.45) is 0 Å². The second kappa shape index (κ2) is 11.7. The van der Waals surface area contributed by atoms with Crippen molar-refractivity contribution in [3.8, 4) is 22.5 Å². The summed E-state index contributed by atoms with van der Waals surface area (Å²) in [5.41, 5.74) is 7.33. The number of rotatable bonds is 2. The third-order valence-electron chi connectivity index (χ3n) is 6.97. The number of thiophene rings is 1. The minimum atomic E-state index is -2.59. The molecule has 0 aliphatic heterocycles. The van der Waals surface area contributed by atoms with E-state index in [1.807, 2.05) is 24.4 Å². The number of furan rings is 1. The topological polar surface area (TPSA) is 38.9 Å². The zero-order valence-electron chi connectivity index (χ0n) is 29.0. The summed E-state index contributed by atoms with van der Waals surface area (Å²) in [5.74, 6) is 0. The first-order valence-electron chi connectivity index (χ1n) is 15.9. The summed E-state index contributed by atoms with van der Waals surface area (Å²) < 4.78 is 53.7. The molecular formula is C36H30IrN2OS-2. The molecular weight excluding hydrogens is 701 g/mol. The Morgan fingerprint density at radius 1 is 0.780 bits per heavy atom. The summed E-state index contributed by atoms with van der Waals surface area (Å²) in [5, 5.41) is 2.95. The number of nitrogens with zero attached hydrogens (tertiary/aromatic N) is 2. The SMILES string of the molecule is Cc1c[c-]c(-c2cc(C)c(C)cn2)cc1.[2H]C([2H])([2H])c1cnc(-c2[c-]ccc3c2oc2cc4sc(C)cc4cc23)cc1C([2H])([2H])[2H].[Ir]. The van der Waals surface area contributed by atoms with Crippen molar-refractivity contribution in [3.63, 3.8) is 0 Å². The standard InChI is InChI=1S/C22H16NOS.C14H14N.Ir/c1-12-7-19(23-11-13(12)2)17-6-4-5-16-18-9-15-8-14(3)25-21(15)10-20(18)24-22(16)17;1-10-4-6-13(7-5-10)14-8-11(2)12(3)9-15-14;/h4-5,7-11H,1-3H3;4-6,8-9H,1-3H3;/q2*-1;/i1D3,2D3;;. The molecule has 4 aromatic heterocycles. The number of benzene rings is 3. The third-order valence-corrected chi connectivity index (χ3v) is 7.98. The minimum Gasteiger partial charge on any atom is -0.501 e. The van der Waals surface area contributed by atoms with Crippen LogP contribution in [0, 0.1) is 53.5 Å². The second-order valence-electron chi connectivity index (χ2n) is 9.99. The molecule has 0 aliphatic rings. The molecule has 1 radical (unpaired) electrons. The van der Waals surface area contributed by atoms with Gasteiger partial charge in [0.1, 0.15) is 5.58 Å². The molecule has 3 aromatic carbocycles. The van der Waals surface area contributed by atoms with E-state index in [1.165, 1.54) is 27.6 Å². The van der Waals surface area contributed by atoms with Crippen LogP contribution in [0.3, 0.4) is 0 Å². The second-order valence-corrected chi connectivity index (χ2v) is 11.3. The van der Waals surface area contributed by atoms with Crippen LogP contribution in [0.5, 0.6) is 0 Å². The molecule has 0 unspecified atom stereocenters. The smallest absolute Gasteiger partial charge is 0.122 e. The van der Waals surface area contributed by atoms with E-state index < -0.39 is 13.7 Å². The van der Waals surface area contributed by atoms with Crippen LogP contribution in [0.2, 0.25) is 0 Å². The molecule has 0 saturated carbocycles. The van der Waals surface area contributed by atoms with Crippen LogP contribution < -0.4 is 0 Å². The zero-order valence-corrected chi connectivity index (χ0v) is 26.2. The fourth-order valence-electron chi connectivity index (χ4n) is 4.62. The van der Waals surface area contributed by atoms with E-state index in [0.29, 0.717) is 16.8 Å². The van der Waals surface area contributed by atoms with E-state index in [1.54, 1.807) is 17.4 Å². The Balaban J connectivity index is 0.000000228. The van der Waals surface area contributed by atoms with Gasteiger partial charge in [0.05, 0.1) is 5.58 Å². The number of aromatic nitrogens is 2. The summed E-state index contributed by atoms with van der Waals surface area (Å²) >= 11 is 1.69. The van der Waals surface area contributed by atoms with E-state index in [4.69, 9.17) is 12.6 Å². The third kappa shape index (κ3) is 5.76. The summed E-state index contributed by atoms with van der Waals surface area (Å²) in [4.78, 5) is 9.89. The summed E-state index contributed by atoms with van der Waals surface area (Å²) in [6.45, 7) is 3.14. The average molecular weight is 737 g/mol. The molecule has 7 rings (SSSR count). The molecule has 7 aromatic rings. The van der Waals surface area contributed by atoms with Crippen molar-refractivity contribution in [3.05, 3.63) is 118 Å². The van der Waals surface area contributed by atoms with E-state index in [2.05, 4.69) is 80.1 Å². The molecule has 41 heavy (non-hydrogen) atoms. The van der Waals surface area contributed by atoms with E-state index in [-0.39, 0.29) is 31.2 Å². The Morgan fingerprint density at radius 2 is 1.56 bits per heavy atom. The van der Waals surface area contributed by atoms with Gasteiger partial charge in [0, 0.05) is 55.7 Å². The van der Waals surface area contributed by atoms with Crippen molar-refractivity contribution in [1.29, 1.82) is 0 Å². The molecule has 0 N–H and O–H groups in total. The van der Waals surface area contributed by atoms with E-state index in [0.717, 1.165) is 43.9 Å². The largest absolute Gasteiger partial charge is 0.501 e. The van der Waals surface area contributed by atoms with Crippen molar-refractivity contribution < 1.29 is 32.7 Å². The molecule has 0 fully saturated rings. The predicted octanol–water partition coefficient (Wildman–Crippen LogP) is 10.1. The fourth-order valence-corrected chi connectivity index (χ4v) is 5.56. The van der Waals surface area contributed by atoms with Crippen LogP contribution in [-0.2, 0) is 20.1 Å². The molecule has 0 saturated heterocycles. The first-order chi connectivity index (χ1) is 21.7. The van der Waals surface area contributed by atoms with Crippen molar-refractivity contribution in [2.45, 2.75) is 41.4 Å². The van der Waals surface area contributed by atoms with E-state index >= 15 is 0 Å². The fraction of sp³-hybridized carbons (Fsp3) is 0.167. The molecule has 3 nitrogen and oxygen atoms in total. The van der Waals surface area contributed by atoms with Gasteiger partial charge in [-0.3, -0.25) is 0 Å². The van der Waals surface area contributed by atoms with Gasteiger partial charge in [-0.05, 0) is 80.6 Å². The van der Waals surface area contributed by atoms with Crippen LogP contribution in [0.4, 0.5) is 0 Å². The maximum Gasteiger partial charge on any atom is 0.122 e. The molecule has 5 heteroatoms. The van der Waals surface area contributed by atoms with Crippen LogP contribution >= 0.6 is 11.3 Å². The van der Waals surface area contributed by atoms with Gasteiger partial charge in [0.15, 0.2) is 0 Å². The van der Waals surface area contributed by atoms with Crippen molar-refractivity contribution >= 4 is 43.4 Å². The average Bonchev–Trinajstić information content (AvgIpc) is 3.55. The molecule has 0 amide bonds. The van der Waals surface area contributed by atoms with Gasteiger partial charge in [-0.2, -0.15) is 0 Å². The number of fused-ring (bicyclic) bond motifs is 4. The predicted molar refractivity (Wildman–Crippen MR) is 168 cm³/mol. The quantitative estimate of drug-likeness (QED) is 0.166. The van der Waals surface area contributed by atoms with Gasteiger partial charge in [-0.15, -0.1) is 64.9 Å². The summed E-state index contributed by atoms with van der Waals surface area (Å²) in [7, 11) is 0. The molecule has 207 valence electrons.